The second-order valence-electron chi connectivity index (χ2n) is 7.78. The molecule has 0 fully saturated rings. The molecule has 3 aromatic rings. The molecule has 160 valence electrons. The van der Waals surface area contributed by atoms with Crippen molar-refractivity contribution < 1.29 is 14.3 Å². The molecule has 3 aromatic carbocycles. The van der Waals surface area contributed by atoms with Gasteiger partial charge in [0, 0.05) is 19.2 Å². The maximum atomic E-state index is 13.0. The van der Waals surface area contributed by atoms with Gasteiger partial charge in [0.25, 0.3) is 11.8 Å². The quantitative estimate of drug-likeness (QED) is 0.567. The Bertz CT molecular complexity index is 1010. The lowest BCUT2D eigenvalue weighted by molar-refractivity contribution is 0.0951. The molecule has 3 rings (SSSR count). The molecule has 5 heteroatoms. The number of para-hydroxylation sites is 1. The van der Waals surface area contributed by atoms with Crippen LogP contribution in [0.1, 0.15) is 40.1 Å². The van der Waals surface area contributed by atoms with Gasteiger partial charge in [-0.1, -0.05) is 56.3 Å². The van der Waals surface area contributed by atoms with Crippen molar-refractivity contribution in [3.8, 4) is 5.75 Å². The van der Waals surface area contributed by atoms with Gasteiger partial charge in [0.15, 0.2) is 0 Å². The lowest BCUT2D eigenvalue weighted by atomic mass is 10.1. The molecule has 0 aliphatic rings. The van der Waals surface area contributed by atoms with E-state index in [2.05, 4.69) is 19.2 Å². The fourth-order valence-corrected chi connectivity index (χ4v) is 3.09. The highest BCUT2D eigenvalue weighted by molar-refractivity contribution is 6.10. The Balaban J connectivity index is 1.72. The molecule has 2 amide bonds. The van der Waals surface area contributed by atoms with Crippen LogP contribution in [0.4, 0.5) is 5.69 Å². The van der Waals surface area contributed by atoms with E-state index in [1.165, 1.54) is 4.90 Å². The first-order valence-corrected chi connectivity index (χ1v) is 10.4. The van der Waals surface area contributed by atoms with E-state index >= 15 is 0 Å². The van der Waals surface area contributed by atoms with Gasteiger partial charge >= 0.3 is 0 Å². The highest BCUT2D eigenvalue weighted by Crippen LogP contribution is 2.22. The molecule has 0 saturated carbocycles. The van der Waals surface area contributed by atoms with Crippen LogP contribution >= 0.6 is 0 Å². The standard InChI is InChI=1S/C26H28N2O3/c1-19(2)18-31-22-15-13-21(14-16-22)26(30)28(3)24-12-8-7-11-23(24)25(29)27-17-20-9-5-4-6-10-20/h4-16,19H,17-18H2,1-3H3,(H,27,29). The van der Waals surface area contributed by atoms with Gasteiger partial charge in [-0.15, -0.1) is 0 Å². The van der Waals surface area contributed by atoms with Crippen molar-refractivity contribution in [3.63, 3.8) is 0 Å². The molecule has 0 saturated heterocycles. The number of nitrogens with one attached hydrogen (secondary N) is 1. The van der Waals surface area contributed by atoms with Crippen LogP contribution in [0.15, 0.2) is 78.9 Å². The summed E-state index contributed by atoms with van der Waals surface area (Å²) < 4.78 is 5.68. The number of carbonyl (C=O) groups is 2. The van der Waals surface area contributed by atoms with Gasteiger partial charge in [-0.25, -0.2) is 0 Å². The molecular weight excluding hydrogens is 388 g/mol. The summed E-state index contributed by atoms with van der Waals surface area (Å²) in [5, 5.41) is 2.93. The second kappa shape index (κ2) is 10.4. The van der Waals surface area contributed by atoms with E-state index in [1.807, 2.05) is 36.4 Å². The van der Waals surface area contributed by atoms with E-state index in [9.17, 15) is 9.59 Å². The summed E-state index contributed by atoms with van der Waals surface area (Å²) in [5.74, 6) is 0.737. The van der Waals surface area contributed by atoms with Gasteiger partial charge < -0.3 is 15.0 Å². The predicted octanol–water partition coefficient (Wildman–Crippen LogP) is 4.93. The molecule has 1 N–H and O–H groups in total. The number of benzene rings is 3. The molecule has 0 spiro atoms. The van der Waals surface area contributed by atoms with Crippen LogP contribution in [0.3, 0.4) is 0 Å². The van der Waals surface area contributed by atoms with Crippen LogP contribution in [0, 0.1) is 5.92 Å². The molecule has 0 aromatic heterocycles. The fourth-order valence-electron chi connectivity index (χ4n) is 3.09. The SMILES string of the molecule is CC(C)COc1ccc(C(=O)N(C)c2ccccc2C(=O)NCc2ccccc2)cc1. The Morgan fingerprint density at radius 1 is 0.903 bits per heavy atom. The molecule has 0 atom stereocenters. The molecule has 5 nitrogen and oxygen atoms in total. The minimum atomic E-state index is -0.225. The van der Waals surface area contributed by atoms with Crippen LogP contribution in [0.2, 0.25) is 0 Å². The zero-order valence-electron chi connectivity index (χ0n) is 18.2. The number of nitrogens with zero attached hydrogens (tertiary/aromatic N) is 1. The highest BCUT2D eigenvalue weighted by atomic mass is 16.5. The van der Waals surface area contributed by atoms with Crippen LogP contribution in [-0.4, -0.2) is 25.5 Å². The Labute approximate surface area is 183 Å². The third-order valence-corrected chi connectivity index (χ3v) is 4.80. The van der Waals surface area contributed by atoms with Gasteiger partial charge in [0.2, 0.25) is 0 Å². The maximum absolute atomic E-state index is 13.0. The Hall–Kier alpha value is -3.60. The van der Waals surface area contributed by atoms with Crippen LogP contribution < -0.4 is 15.0 Å². The number of anilines is 1. The molecule has 0 aliphatic carbocycles. The first kappa shape index (κ1) is 22.1. The number of hydrogen-bond acceptors (Lipinski definition) is 3. The van der Waals surface area contributed by atoms with Crippen molar-refractivity contribution in [1.82, 2.24) is 5.32 Å². The van der Waals surface area contributed by atoms with Crippen LogP contribution in [-0.2, 0) is 6.54 Å². The fraction of sp³-hybridized carbons (Fsp3) is 0.231. The summed E-state index contributed by atoms with van der Waals surface area (Å²) in [6.45, 7) is 5.21. The van der Waals surface area contributed by atoms with Crippen LogP contribution in [0.25, 0.3) is 0 Å². The normalized spacial score (nSPS) is 10.6. The number of rotatable bonds is 8. The minimum absolute atomic E-state index is 0.196. The van der Waals surface area contributed by atoms with E-state index in [1.54, 1.807) is 49.5 Å². The van der Waals surface area contributed by atoms with E-state index in [-0.39, 0.29) is 11.8 Å². The van der Waals surface area contributed by atoms with Crippen molar-refractivity contribution in [1.29, 1.82) is 0 Å². The van der Waals surface area contributed by atoms with E-state index in [4.69, 9.17) is 4.74 Å². The van der Waals surface area contributed by atoms with Crippen molar-refractivity contribution in [2.24, 2.45) is 5.92 Å². The molecule has 0 radical (unpaired) electrons. The van der Waals surface area contributed by atoms with Crippen molar-refractivity contribution in [2.45, 2.75) is 20.4 Å². The lowest BCUT2D eigenvalue weighted by Gasteiger charge is -2.21. The van der Waals surface area contributed by atoms with Crippen molar-refractivity contribution in [3.05, 3.63) is 95.6 Å². The number of ether oxygens (including phenoxy) is 1. The minimum Gasteiger partial charge on any atom is -0.493 e. The summed E-state index contributed by atoms with van der Waals surface area (Å²) in [4.78, 5) is 27.3. The molecule has 0 heterocycles. The molecule has 31 heavy (non-hydrogen) atoms. The second-order valence-corrected chi connectivity index (χ2v) is 7.78. The first-order valence-electron chi connectivity index (χ1n) is 10.4. The van der Waals surface area contributed by atoms with Gasteiger partial charge in [0.05, 0.1) is 17.9 Å². The number of hydrogen-bond donors (Lipinski definition) is 1. The summed E-state index contributed by atoms with van der Waals surface area (Å²) in [7, 11) is 1.68. The summed E-state index contributed by atoms with van der Waals surface area (Å²) in [5.41, 5.74) is 2.54. The highest BCUT2D eigenvalue weighted by Gasteiger charge is 2.19. The van der Waals surface area contributed by atoms with E-state index < -0.39 is 0 Å². The lowest BCUT2D eigenvalue weighted by Crippen LogP contribution is -2.30. The first-order chi connectivity index (χ1) is 15.0. The molecular formula is C26H28N2O3. The average molecular weight is 417 g/mol. The summed E-state index contributed by atoms with van der Waals surface area (Å²) >= 11 is 0. The number of amides is 2. The summed E-state index contributed by atoms with van der Waals surface area (Å²) in [6, 6.07) is 23.9. The average Bonchev–Trinajstić information content (AvgIpc) is 2.81. The monoisotopic (exact) mass is 416 g/mol. The Morgan fingerprint density at radius 2 is 1.55 bits per heavy atom. The largest absolute Gasteiger partial charge is 0.493 e. The van der Waals surface area contributed by atoms with Crippen LogP contribution in [0.5, 0.6) is 5.75 Å². The molecule has 0 aliphatic heterocycles. The maximum Gasteiger partial charge on any atom is 0.258 e. The topological polar surface area (TPSA) is 58.6 Å². The molecule has 0 bridgehead atoms. The van der Waals surface area contributed by atoms with Gasteiger partial charge in [-0.2, -0.15) is 0 Å². The Morgan fingerprint density at radius 3 is 2.23 bits per heavy atom. The zero-order chi connectivity index (χ0) is 22.2. The molecule has 0 unspecified atom stereocenters. The van der Waals surface area contributed by atoms with Gasteiger partial charge in [-0.05, 0) is 47.9 Å². The van der Waals surface area contributed by atoms with E-state index in [0.717, 1.165) is 11.3 Å². The van der Waals surface area contributed by atoms with Gasteiger partial charge in [-0.3, -0.25) is 9.59 Å². The predicted molar refractivity (Wildman–Crippen MR) is 124 cm³/mol. The third-order valence-electron chi connectivity index (χ3n) is 4.80. The smallest absolute Gasteiger partial charge is 0.258 e. The zero-order valence-corrected chi connectivity index (χ0v) is 18.2. The van der Waals surface area contributed by atoms with Gasteiger partial charge in [0.1, 0.15) is 5.75 Å². The Kier molecular flexibility index (Phi) is 7.44. The van der Waals surface area contributed by atoms with Crippen molar-refractivity contribution >= 4 is 17.5 Å². The summed E-state index contributed by atoms with van der Waals surface area (Å²) in [6.07, 6.45) is 0. The van der Waals surface area contributed by atoms with Crippen molar-refractivity contribution in [2.75, 3.05) is 18.6 Å². The van der Waals surface area contributed by atoms with E-state index in [0.29, 0.717) is 35.9 Å². The third kappa shape index (κ3) is 5.95. The number of carbonyl (C=O) groups excluding carboxylic acids is 2.